The van der Waals surface area contributed by atoms with Crippen LogP contribution in [0, 0.1) is 5.41 Å². The fourth-order valence-electron chi connectivity index (χ4n) is 2.07. The molecule has 3 nitrogen and oxygen atoms in total. The van der Waals surface area contributed by atoms with Crippen molar-refractivity contribution in [1.82, 2.24) is 0 Å². The van der Waals surface area contributed by atoms with Gasteiger partial charge in [0.05, 0.1) is 0 Å². The molecule has 26 heavy (non-hydrogen) atoms. The van der Waals surface area contributed by atoms with Crippen molar-refractivity contribution in [3.05, 3.63) is 20.6 Å². The molecule has 0 aromatic rings. The smallest absolute Gasteiger partial charge is 0.0430 e. The molecule has 4 heteroatoms. The molecule has 1 aliphatic rings. The Kier molecular flexibility index (Phi) is 23.5. The molecular weight excluding hydrogens is 360 g/mol. The molecule has 155 valence electrons. The average molecular weight is 405 g/mol. The number of aliphatic hydroxyl groups is 3. The number of hydrogen-bond donors (Lipinski definition) is 3. The van der Waals surface area contributed by atoms with Crippen LogP contribution in [0.4, 0.5) is 0 Å². The van der Waals surface area contributed by atoms with E-state index in [1.807, 2.05) is 0 Å². The maximum Gasteiger partial charge on any atom is 0.0430 e. The van der Waals surface area contributed by atoms with Gasteiger partial charge >= 0.3 is 81.1 Å². The predicted molar refractivity (Wildman–Crippen MR) is 111 cm³/mol. The van der Waals surface area contributed by atoms with Gasteiger partial charge in [-0.25, -0.2) is 0 Å². The number of allylic oxidation sites excluding steroid dienone is 4. The van der Waals surface area contributed by atoms with Crippen LogP contribution in [0.15, 0.2) is 20.6 Å². The Hall–Kier alpha value is 0.0743. The van der Waals surface area contributed by atoms with Crippen LogP contribution in [0.2, 0.25) is 0 Å². The van der Waals surface area contributed by atoms with E-state index < -0.39 is 0 Å². The minimum absolute atomic E-state index is 0.314. The van der Waals surface area contributed by atoms with Crippen molar-refractivity contribution in [2.24, 2.45) is 5.41 Å². The molecule has 0 bridgehead atoms. The average Bonchev–Trinajstić information content (AvgIpc) is 2.74. The van der Waals surface area contributed by atoms with Gasteiger partial charge < -0.3 is 15.3 Å². The second-order valence-corrected chi connectivity index (χ2v) is 7.89. The van der Waals surface area contributed by atoms with E-state index in [-0.39, 0.29) is 0 Å². The van der Waals surface area contributed by atoms with E-state index in [4.69, 9.17) is 15.3 Å². The van der Waals surface area contributed by atoms with Gasteiger partial charge in [0.2, 0.25) is 0 Å². The summed E-state index contributed by atoms with van der Waals surface area (Å²) >= 11 is 2.25. The third kappa shape index (κ3) is 14.2. The molecule has 0 fully saturated rings. The van der Waals surface area contributed by atoms with Crippen molar-refractivity contribution < 1.29 is 35.8 Å². The van der Waals surface area contributed by atoms with Crippen molar-refractivity contribution in [1.29, 1.82) is 0 Å². The van der Waals surface area contributed by atoms with Crippen molar-refractivity contribution >= 4 is 0 Å². The number of rotatable bonds is 6. The first-order valence-corrected chi connectivity index (χ1v) is 10.9. The fourth-order valence-corrected chi connectivity index (χ4v) is 2.65. The van der Waals surface area contributed by atoms with E-state index in [9.17, 15) is 0 Å². The van der Waals surface area contributed by atoms with E-state index in [1.165, 1.54) is 20.6 Å². The largest absolute Gasteiger partial charge is 0.396 e. The van der Waals surface area contributed by atoms with Crippen LogP contribution in [-0.4, -0.2) is 35.1 Å². The first kappa shape index (κ1) is 30.8. The Morgan fingerprint density at radius 1 is 0.692 bits per heavy atom. The summed E-state index contributed by atoms with van der Waals surface area (Å²) in [5.74, 6) is 0. The Morgan fingerprint density at radius 3 is 1.04 bits per heavy atom. The minimum Gasteiger partial charge on any atom is -0.396 e. The Labute approximate surface area is 175 Å². The van der Waals surface area contributed by atoms with Crippen LogP contribution in [0.25, 0.3) is 0 Å². The zero-order valence-corrected chi connectivity index (χ0v) is 20.3. The third-order valence-electron chi connectivity index (χ3n) is 4.60. The SMILES string of the molecule is CC1=C(C)C(C)(C)[C]([Ti])=C1C.CCCCO.CCCCO.CCCCO. The topological polar surface area (TPSA) is 60.7 Å². The molecule has 0 atom stereocenters. The van der Waals surface area contributed by atoms with Gasteiger partial charge in [-0.05, 0) is 19.3 Å². The number of hydrogen-bond acceptors (Lipinski definition) is 3. The van der Waals surface area contributed by atoms with Crippen LogP contribution in [0.1, 0.15) is 93.9 Å². The summed E-state index contributed by atoms with van der Waals surface area (Å²) < 4.78 is 1.53. The van der Waals surface area contributed by atoms with Crippen LogP contribution >= 0.6 is 0 Å². The molecule has 3 N–H and O–H groups in total. The molecule has 0 spiro atoms. The van der Waals surface area contributed by atoms with Gasteiger partial charge in [-0.1, -0.05) is 40.0 Å². The molecule has 0 heterocycles. The van der Waals surface area contributed by atoms with Gasteiger partial charge in [-0.3, -0.25) is 0 Å². The molecule has 1 rings (SSSR count). The molecule has 0 aromatic carbocycles. The first-order chi connectivity index (χ1) is 12.1. The fraction of sp³-hybridized carbons (Fsp3) is 0.818. The maximum absolute atomic E-state index is 8.07. The van der Waals surface area contributed by atoms with Crippen LogP contribution < -0.4 is 0 Å². The zero-order chi connectivity index (χ0) is 21.2. The molecule has 0 aromatic heterocycles. The molecule has 1 aliphatic carbocycles. The van der Waals surface area contributed by atoms with Gasteiger partial charge in [0.15, 0.2) is 0 Å². The second kappa shape index (κ2) is 19.8. The first-order valence-electron chi connectivity index (χ1n) is 10.1. The predicted octanol–water partition coefficient (Wildman–Crippen LogP) is 5.52. The van der Waals surface area contributed by atoms with Crippen LogP contribution in [-0.2, 0) is 20.4 Å². The van der Waals surface area contributed by atoms with E-state index in [2.05, 4.69) is 75.8 Å². The molecule has 0 saturated heterocycles. The minimum atomic E-state index is 0.314. The normalized spacial score (nSPS) is 14.7. The Morgan fingerprint density at radius 2 is 1.00 bits per heavy atom. The summed E-state index contributed by atoms with van der Waals surface area (Å²) in [6.07, 6.45) is 6.11. The van der Waals surface area contributed by atoms with Gasteiger partial charge in [-0.2, -0.15) is 0 Å². The van der Waals surface area contributed by atoms with Gasteiger partial charge in [0, 0.05) is 19.8 Å². The monoisotopic (exact) mass is 405 g/mol. The molecule has 0 aliphatic heterocycles. The third-order valence-corrected chi connectivity index (χ3v) is 6.16. The molecule has 0 amide bonds. The van der Waals surface area contributed by atoms with E-state index >= 15 is 0 Å². The molecule has 0 saturated carbocycles. The summed E-state index contributed by atoms with van der Waals surface area (Å²) in [6, 6.07) is 0. The number of unbranched alkanes of at least 4 members (excludes halogenated alkanes) is 3. The van der Waals surface area contributed by atoms with E-state index in [1.54, 1.807) is 0 Å². The van der Waals surface area contributed by atoms with Crippen molar-refractivity contribution in [2.45, 2.75) is 93.9 Å². The van der Waals surface area contributed by atoms with E-state index in [0.29, 0.717) is 25.2 Å². The zero-order valence-electron chi connectivity index (χ0n) is 18.7. The Balaban J connectivity index is -0.000000300. The molecule has 0 radical (unpaired) electrons. The van der Waals surface area contributed by atoms with Gasteiger partial charge in [0.1, 0.15) is 0 Å². The molecular formula is C22H45O3Ti. The maximum atomic E-state index is 8.07. The summed E-state index contributed by atoms with van der Waals surface area (Å²) in [7, 11) is 0. The quantitative estimate of drug-likeness (QED) is 0.510. The van der Waals surface area contributed by atoms with E-state index in [0.717, 1.165) is 38.5 Å². The molecule has 0 unspecified atom stereocenters. The summed E-state index contributed by atoms with van der Waals surface area (Å²) in [6.45, 7) is 18.5. The van der Waals surface area contributed by atoms with Crippen molar-refractivity contribution in [3.63, 3.8) is 0 Å². The van der Waals surface area contributed by atoms with Crippen LogP contribution in [0.3, 0.4) is 0 Å². The van der Waals surface area contributed by atoms with Crippen molar-refractivity contribution in [3.8, 4) is 0 Å². The van der Waals surface area contributed by atoms with Gasteiger partial charge in [-0.15, -0.1) is 0 Å². The second-order valence-electron chi connectivity index (χ2n) is 7.11. The van der Waals surface area contributed by atoms with Crippen molar-refractivity contribution in [2.75, 3.05) is 19.8 Å². The summed E-state index contributed by atoms with van der Waals surface area (Å²) in [5, 5.41) is 24.2. The van der Waals surface area contributed by atoms with Gasteiger partial charge in [0.25, 0.3) is 0 Å². The van der Waals surface area contributed by atoms with Crippen LogP contribution in [0.5, 0.6) is 0 Å². The summed E-state index contributed by atoms with van der Waals surface area (Å²) in [4.78, 5) is 0. The standard InChI is InChI=1S/C10H15.3C4H10O.Ti/c1-7-6-10(4,5)9(3)8(7)2;3*1-2-3-4-5;/h1-5H3;3*5H,2-4H2,1H3;. The summed E-state index contributed by atoms with van der Waals surface area (Å²) in [5.41, 5.74) is 4.83. The number of aliphatic hydroxyl groups excluding tert-OH is 3. The Bertz CT molecular complexity index is 339.